The highest BCUT2D eigenvalue weighted by molar-refractivity contribution is 4.54. The van der Waals surface area contributed by atoms with E-state index in [2.05, 4.69) is 0 Å². The summed E-state index contributed by atoms with van der Waals surface area (Å²) < 4.78 is 0. The lowest BCUT2D eigenvalue weighted by Gasteiger charge is -1.97. The summed E-state index contributed by atoms with van der Waals surface area (Å²) in [6, 6.07) is 0. The Labute approximate surface area is 43.8 Å². The van der Waals surface area contributed by atoms with Crippen molar-refractivity contribution in [2.24, 2.45) is 0 Å². The molecular weight excluding hydrogens is 92.1 g/mol. The zero-order chi connectivity index (χ0) is 5.70. The molecule has 0 unspecified atom stereocenters. The van der Waals surface area contributed by atoms with Gasteiger partial charge in [0.05, 0.1) is 0 Å². The van der Waals surface area contributed by atoms with Gasteiger partial charge < -0.3 is 10.2 Å². The second-order valence-corrected chi connectivity index (χ2v) is 1.47. The molecular formula is C5H11O2. The topological polar surface area (TPSA) is 40.5 Å². The van der Waals surface area contributed by atoms with Gasteiger partial charge in [0.2, 0.25) is 0 Å². The second kappa shape index (κ2) is 4.09. The number of hydrogen-bond donors (Lipinski definition) is 2. The maximum Gasteiger partial charge on any atom is 0.151 e. The van der Waals surface area contributed by atoms with Crippen LogP contribution in [0.1, 0.15) is 19.8 Å². The lowest BCUT2D eigenvalue weighted by Crippen LogP contribution is -2.02. The van der Waals surface area contributed by atoms with Gasteiger partial charge in [0.1, 0.15) is 0 Å². The summed E-state index contributed by atoms with van der Waals surface area (Å²) >= 11 is 0. The first kappa shape index (κ1) is 6.92. The molecule has 0 aliphatic rings. The van der Waals surface area contributed by atoms with Crippen LogP contribution in [0.5, 0.6) is 0 Å². The van der Waals surface area contributed by atoms with Crippen LogP contribution in [0.25, 0.3) is 0 Å². The fourth-order valence-electron chi connectivity index (χ4n) is 0.316. The first-order valence-electron chi connectivity index (χ1n) is 2.41. The van der Waals surface area contributed by atoms with Crippen LogP contribution in [0.3, 0.4) is 0 Å². The van der Waals surface area contributed by atoms with Crippen LogP contribution in [-0.2, 0) is 0 Å². The third-order valence-electron chi connectivity index (χ3n) is 0.714. The van der Waals surface area contributed by atoms with Crippen molar-refractivity contribution in [3.63, 3.8) is 0 Å². The number of rotatable bonds is 3. The van der Waals surface area contributed by atoms with Crippen LogP contribution in [0.15, 0.2) is 0 Å². The quantitative estimate of drug-likeness (QED) is 0.504. The van der Waals surface area contributed by atoms with E-state index in [9.17, 15) is 0 Å². The van der Waals surface area contributed by atoms with Gasteiger partial charge in [0.15, 0.2) is 6.29 Å². The minimum Gasteiger partial charge on any atom is -0.368 e. The molecule has 0 saturated carbocycles. The molecule has 0 aromatic rings. The summed E-state index contributed by atoms with van der Waals surface area (Å²) in [5.41, 5.74) is 0. The van der Waals surface area contributed by atoms with Crippen molar-refractivity contribution < 1.29 is 10.2 Å². The average Bonchev–Trinajstić information content (AvgIpc) is 1.61. The molecule has 2 N–H and O–H groups in total. The van der Waals surface area contributed by atoms with E-state index in [1.807, 2.05) is 13.3 Å². The first-order chi connectivity index (χ1) is 3.27. The molecule has 43 valence electrons. The highest BCUT2D eigenvalue weighted by atomic mass is 16.5. The molecule has 0 atom stereocenters. The molecule has 0 bridgehead atoms. The van der Waals surface area contributed by atoms with E-state index in [-0.39, 0.29) is 0 Å². The smallest absolute Gasteiger partial charge is 0.151 e. The summed E-state index contributed by atoms with van der Waals surface area (Å²) in [7, 11) is 0. The molecule has 0 aromatic carbocycles. The van der Waals surface area contributed by atoms with E-state index >= 15 is 0 Å². The zero-order valence-electron chi connectivity index (χ0n) is 4.46. The molecule has 0 rings (SSSR count). The first-order valence-corrected chi connectivity index (χ1v) is 2.41. The summed E-state index contributed by atoms with van der Waals surface area (Å²) in [5.74, 6) is 0. The maximum atomic E-state index is 8.22. The predicted molar refractivity (Wildman–Crippen MR) is 27.4 cm³/mol. The molecule has 0 aromatic heterocycles. The Hall–Kier alpha value is -0.0800. The van der Waals surface area contributed by atoms with Crippen LogP contribution in [0, 0.1) is 6.42 Å². The SMILES string of the molecule is C[CH]CCC(O)O. The Morgan fingerprint density at radius 3 is 2.29 bits per heavy atom. The fraction of sp³-hybridized carbons (Fsp3) is 0.800. The van der Waals surface area contributed by atoms with Gasteiger partial charge in [-0.1, -0.05) is 6.92 Å². The molecule has 2 heteroatoms. The van der Waals surface area contributed by atoms with Crippen LogP contribution in [-0.4, -0.2) is 16.5 Å². The minimum atomic E-state index is -1.13. The van der Waals surface area contributed by atoms with Gasteiger partial charge in [-0.05, 0) is 19.3 Å². The van der Waals surface area contributed by atoms with Crippen molar-refractivity contribution in [1.82, 2.24) is 0 Å². The molecule has 0 saturated heterocycles. The summed E-state index contributed by atoms with van der Waals surface area (Å²) in [5, 5.41) is 16.4. The lowest BCUT2D eigenvalue weighted by atomic mass is 10.2. The Morgan fingerprint density at radius 1 is 1.57 bits per heavy atom. The summed E-state index contributed by atoms with van der Waals surface area (Å²) in [6.45, 7) is 1.89. The van der Waals surface area contributed by atoms with Gasteiger partial charge in [0, 0.05) is 0 Å². The van der Waals surface area contributed by atoms with Crippen LogP contribution in [0.4, 0.5) is 0 Å². The number of unbranched alkanes of at least 4 members (excludes halogenated alkanes) is 1. The van der Waals surface area contributed by atoms with Crippen molar-refractivity contribution >= 4 is 0 Å². The van der Waals surface area contributed by atoms with Crippen molar-refractivity contribution in [2.45, 2.75) is 26.1 Å². The molecule has 0 spiro atoms. The van der Waals surface area contributed by atoms with Gasteiger partial charge in [-0.15, -0.1) is 0 Å². The largest absolute Gasteiger partial charge is 0.368 e. The molecule has 0 heterocycles. The van der Waals surface area contributed by atoms with Crippen molar-refractivity contribution in [3.8, 4) is 0 Å². The van der Waals surface area contributed by atoms with E-state index in [0.717, 1.165) is 6.42 Å². The van der Waals surface area contributed by atoms with Gasteiger partial charge in [-0.3, -0.25) is 0 Å². The van der Waals surface area contributed by atoms with E-state index in [1.54, 1.807) is 0 Å². The molecule has 2 nitrogen and oxygen atoms in total. The number of aliphatic hydroxyl groups excluding tert-OH is 1. The Bertz CT molecular complexity index is 35.1. The van der Waals surface area contributed by atoms with Gasteiger partial charge in [0.25, 0.3) is 0 Å². The Balaban J connectivity index is 2.68. The minimum absolute atomic E-state index is 0.455. The van der Waals surface area contributed by atoms with E-state index < -0.39 is 6.29 Å². The third-order valence-corrected chi connectivity index (χ3v) is 0.714. The van der Waals surface area contributed by atoms with Gasteiger partial charge in [-0.2, -0.15) is 0 Å². The standard InChI is InChI=1S/C5H11O2/c1-2-3-4-5(6)7/h2,5-7H,3-4H2,1H3. The molecule has 0 amide bonds. The summed E-state index contributed by atoms with van der Waals surface area (Å²) in [6.07, 6.45) is 2.00. The maximum absolute atomic E-state index is 8.22. The molecule has 0 fully saturated rings. The van der Waals surface area contributed by atoms with Crippen LogP contribution in [0.2, 0.25) is 0 Å². The molecule has 0 aliphatic carbocycles. The van der Waals surface area contributed by atoms with E-state index in [1.165, 1.54) is 0 Å². The number of hydrogen-bond acceptors (Lipinski definition) is 2. The van der Waals surface area contributed by atoms with Crippen LogP contribution < -0.4 is 0 Å². The number of aliphatic hydroxyl groups is 2. The second-order valence-electron chi connectivity index (χ2n) is 1.47. The monoisotopic (exact) mass is 103 g/mol. The van der Waals surface area contributed by atoms with Crippen molar-refractivity contribution in [2.75, 3.05) is 0 Å². The molecule has 0 aliphatic heterocycles. The predicted octanol–water partition coefficient (Wildman–Crippen LogP) is 0.301. The van der Waals surface area contributed by atoms with E-state index in [4.69, 9.17) is 10.2 Å². The summed E-state index contributed by atoms with van der Waals surface area (Å²) in [4.78, 5) is 0. The zero-order valence-corrected chi connectivity index (χ0v) is 4.46. The van der Waals surface area contributed by atoms with Gasteiger partial charge in [-0.25, -0.2) is 0 Å². The van der Waals surface area contributed by atoms with Gasteiger partial charge >= 0.3 is 0 Å². The Kier molecular flexibility index (Phi) is 4.04. The highest BCUT2D eigenvalue weighted by Gasteiger charge is 1.92. The molecule has 1 radical (unpaired) electrons. The highest BCUT2D eigenvalue weighted by Crippen LogP contribution is 1.94. The fourth-order valence-corrected chi connectivity index (χ4v) is 0.316. The van der Waals surface area contributed by atoms with Crippen molar-refractivity contribution in [1.29, 1.82) is 0 Å². The average molecular weight is 103 g/mol. The van der Waals surface area contributed by atoms with E-state index in [0.29, 0.717) is 6.42 Å². The van der Waals surface area contributed by atoms with Crippen LogP contribution >= 0.6 is 0 Å². The molecule has 7 heavy (non-hydrogen) atoms. The lowest BCUT2D eigenvalue weighted by molar-refractivity contribution is -0.0448. The third kappa shape index (κ3) is 5.92. The Morgan fingerprint density at radius 2 is 2.14 bits per heavy atom. The van der Waals surface area contributed by atoms with Crippen molar-refractivity contribution in [3.05, 3.63) is 6.42 Å². The normalized spacial score (nSPS) is 10.3.